The zero-order valence-electron chi connectivity index (χ0n) is 31.3. The third-order valence-corrected chi connectivity index (χ3v) is 11.4. The third-order valence-electron chi connectivity index (χ3n) is 11.4. The Hall–Kier alpha value is -6.44. The summed E-state index contributed by atoms with van der Waals surface area (Å²) in [5.41, 5.74) is 21.1. The molecule has 0 aliphatic heterocycles. The number of nitrogens with zero attached hydrogens (tertiary/aromatic N) is 1. The predicted octanol–water partition coefficient (Wildman–Crippen LogP) is 14.7. The van der Waals surface area contributed by atoms with Gasteiger partial charge in [0.2, 0.25) is 0 Å². The van der Waals surface area contributed by atoms with E-state index < -0.39 is 0 Å². The number of fused-ring (bicyclic) bond motifs is 3. The minimum absolute atomic E-state index is 0.154. The Kier molecular flexibility index (Phi) is 8.36. The summed E-state index contributed by atoms with van der Waals surface area (Å²) in [4.78, 5) is 2.45. The highest BCUT2D eigenvalue weighted by molar-refractivity contribution is 5.96. The molecule has 1 aliphatic carbocycles. The second-order valence-corrected chi connectivity index (χ2v) is 15.1. The van der Waals surface area contributed by atoms with Crippen molar-refractivity contribution in [3.63, 3.8) is 0 Å². The smallest absolute Gasteiger partial charge is 0.0543 e. The molecular formula is C53H43N. The van der Waals surface area contributed by atoms with Gasteiger partial charge in [-0.25, -0.2) is 0 Å². The van der Waals surface area contributed by atoms with Gasteiger partial charge in [0, 0.05) is 22.4 Å². The zero-order chi connectivity index (χ0) is 36.8. The minimum Gasteiger partial charge on any atom is -0.310 e. The van der Waals surface area contributed by atoms with E-state index in [9.17, 15) is 0 Å². The van der Waals surface area contributed by atoms with Crippen molar-refractivity contribution in [3.05, 3.63) is 210 Å². The fourth-order valence-electron chi connectivity index (χ4n) is 8.40. The molecule has 0 aromatic heterocycles. The van der Waals surface area contributed by atoms with Crippen molar-refractivity contribution in [2.45, 2.75) is 33.1 Å². The largest absolute Gasteiger partial charge is 0.310 e. The number of benzene rings is 8. The van der Waals surface area contributed by atoms with Crippen LogP contribution in [-0.2, 0) is 5.41 Å². The summed E-state index contributed by atoms with van der Waals surface area (Å²) in [5.74, 6) is 0. The number of anilines is 3. The first-order chi connectivity index (χ1) is 26.4. The molecule has 0 radical (unpaired) electrons. The number of hydrogen-bond donors (Lipinski definition) is 0. The molecule has 0 bridgehead atoms. The highest BCUT2D eigenvalue weighted by Crippen LogP contribution is 2.55. The summed E-state index contributed by atoms with van der Waals surface area (Å²) in [7, 11) is 0. The van der Waals surface area contributed by atoms with E-state index in [0.717, 1.165) is 11.4 Å². The van der Waals surface area contributed by atoms with Crippen LogP contribution in [0.3, 0.4) is 0 Å². The highest BCUT2D eigenvalue weighted by Gasteiger charge is 2.38. The molecule has 0 heterocycles. The standard InChI is InChI=1S/C53H43N/c1-36-14-11-12-19-46(36)48-34-42(23-22-37(48)2)41-26-31-45(32-27-41)54(44-29-24-40(25-30-44)38-15-7-5-8-16-38)51-21-13-20-49-52(51)47-33-28-43(35-50(47)53(49,3)4)39-17-9-6-10-18-39/h5-35H,1-4H3. The molecule has 1 aliphatic rings. The summed E-state index contributed by atoms with van der Waals surface area (Å²) < 4.78 is 0. The molecule has 0 fully saturated rings. The average molecular weight is 694 g/mol. The Morgan fingerprint density at radius 3 is 1.50 bits per heavy atom. The summed E-state index contributed by atoms with van der Waals surface area (Å²) in [6.07, 6.45) is 0. The highest BCUT2D eigenvalue weighted by atomic mass is 15.1. The van der Waals surface area contributed by atoms with Crippen LogP contribution < -0.4 is 4.90 Å². The first-order valence-electron chi connectivity index (χ1n) is 18.9. The lowest BCUT2D eigenvalue weighted by Gasteiger charge is -2.29. The second-order valence-electron chi connectivity index (χ2n) is 15.1. The molecule has 0 saturated carbocycles. The molecule has 1 heteroatoms. The second kappa shape index (κ2) is 13.5. The number of aryl methyl sites for hydroxylation is 2. The monoisotopic (exact) mass is 693 g/mol. The van der Waals surface area contributed by atoms with Gasteiger partial charge in [0.25, 0.3) is 0 Å². The topological polar surface area (TPSA) is 3.24 Å². The van der Waals surface area contributed by atoms with Gasteiger partial charge < -0.3 is 4.90 Å². The fraction of sp³-hybridized carbons (Fsp3) is 0.0943. The van der Waals surface area contributed by atoms with E-state index in [1.807, 2.05) is 0 Å². The maximum Gasteiger partial charge on any atom is 0.0543 e. The summed E-state index contributed by atoms with van der Waals surface area (Å²) in [6.45, 7) is 9.14. The lowest BCUT2D eigenvalue weighted by molar-refractivity contribution is 0.660. The van der Waals surface area contributed by atoms with E-state index >= 15 is 0 Å². The maximum absolute atomic E-state index is 2.45. The van der Waals surface area contributed by atoms with Crippen LogP contribution >= 0.6 is 0 Å². The molecule has 0 saturated heterocycles. The van der Waals surface area contributed by atoms with Crippen LogP contribution in [0.4, 0.5) is 17.1 Å². The molecule has 8 aromatic rings. The Morgan fingerprint density at radius 2 is 0.852 bits per heavy atom. The Labute approximate surface area is 319 Å². The van der Waals surface area contributed by atoms with Crippen molar-refractivity contribution in [1.82, 2.24) is 0 Å². The van der Waals surface area contributed by atoms with Crippen molar-refractivity contribution >= 4 is 17.1 Å². The molecule has 9 rings (SSSR count). The van der Waals surface area contributed by atoms with E-state index in [1.54, 1.807) is 0 Å². The third kappa shape index (κ3) is 5.83. The van der Waals surface area contributed by atoms with E-state index in [2.05, 4.69) is 221 Å². The summed E-state index contributed by atoms with van der Waals surface area (Å²) >= 11 is 0. The van der Waals surface area contributed by atoms with Gasteiger partial charge in [0.15, 0.2) is 0 Å². The van der Waals surface area contributed by atoms with Gasteiger partial charge in [-0.2, -0.15) is 0 Å². The van der Waals surface area contributed by atoms with Gasteiger partial charge in [-0.1, -0.05) is 159 Å². The molecule has 0 atom stereocenters. The van der Waals surface area contributed by atoms with Gasteiger partial charge >= 0.3 is 0 Å². The summed E-state index contributed by atoms with van der Waals surface area (Å²) in [5, 5.41) is 0. The van der Waals surface area contributed by atoms with Crippen LogP contribution in [0.5, 0.6) is 0 Å². The quantitative estimate of drug-likeness (QED) is 0.161. The molecule has 1 nitrogen and oxygen atoms in total. The van der Waals surface area contributed by atoms with Gasteiger partial charge in [-0.3, -0.25) is 0 Å². The normalized spacial score (nSPS) is 12.6. The van der Waals surface area contributed by atoms with E-state index in [1.165, 1.54) is 83.6 Å². The molecule has 0 amide bonds. The van der Waals surface area contributed by atoms with Crippen molar-refractivity contribution in [2.75, 3.05) is 4.90 Å². The molecule has 260 valence electrons. The van der Waals surface area contributed by atoms with Gasteiger partial charge in [0.1, 0.15) is 0 Å². The first-order valence-corrected chi connectivity index (χ1v) is 18.9. The van der Waals surface area contributed by atoms with Crippen molar-refractivity contribution in [1.29, 1.82) is 0 Å². The predicted molar refractivity (Wildman–Crippen MR) is 230 cm³/mol. The Balaban J connectivity index is 1.17. The molecule has 54 heavy (non-hydrogen) atoms. The average Bonchev–Trinajstić information content (AvgIpc) is 3.45. The van der Waals surface area contributed by atoms with E-state index in [-0.39, 0.29) is 5.41 Å². The maximum atomic E-state index is 2.45. The Morgan fingerprint density at radius 1 is 0.352 bits per heavy atom. The van der Waals surface area contributed by atoms with Crippen LogP contribution in [0.2, 0.25) is 0 Å². The van der Waals surface area contributed by atoms with Gasteiger partial charge in [0.05, 0.1) is 5.69 Å². The van der Waals surface area contributed by atoms with Crippen molar-refractivity contribution in [2.24, 2.45) is 0 Å². The van der Waals surface area contributed by atoms with Crippen LogP contribution in [0.1, 0.15) is 36.1 Å². The van der Waals surface area contributed by atoms with Crippen molar-refractivity contribution in [3.8, 4) is 55.6 Å². The molecular weight excluding hydrogens is 651 g/mol. The van der Waals surface area contributed by atoms with E-state index in [4.69, 9.17) is 0 Å². The zero-order valence-corrected chi connectivity index (χ0v) is 31.3. The van der Waals surface area contributed by atoms with Crippen LogP contribution in [-0.4, -0.2) is 0 Å². The summed E-state index contributed by atoms with van der Waals surface area (Å²) in [6, 6.07) is 68.9. The number of hydrogen-bond acceptors (Lipinski definition) is 1. The molecule has 0 N–H and O–H groups in total. The Bertz CT molecular complexity index is 2610. The molecule has 8 aromatic carbocycles. The van der Waals surface area contributed by atoms with Crippen molar-refractivity contribution < 1.29 is 0 Å². The van der Waals surface area contributed by atoms with Gasteiger partial charge in [-0.15, -0.1) is 0 Å². The molecule has 0 spiro atoms. The van der Waals surface area contributed by atoms with Gasteiger partial charge in [-0.05, 0) is 129 Å². The first kappa shape index (κ1) is 33.4. The SMILES string of the molecule is Cc1ccccc1-c1cc(-c2ccc(N(c3ccc(-c4ccccc4)cc3)c3cccc4c3-c3ccc(-c5ccccc5)cc3C4(C)C)cc2)ccc1C. The van der Waals surface area contributed by atoms with Crippen LogP contribution in [0, 0.1) is 13.8 Å². The molecule has 0 unspecified atom stereocenters. The van der Waals surface area contributed by atoms with Crippen LogP contribution in [0.25, 0.3) is 55.6 Å². The lowest BCUT2D eigenvalue weighted by atomic mass is 9.81. The fourth-order valence-corrected chi connectivity index (χ4v) is 8.40. The lowest BCUT2D eigenvalue weighted by Crippen LogP contribution is -2.16. The number of rotatable bonds is 7. The van der Waals surface area contributed by atoms with E-state index in [0.29, 0.717) is 0 Å². The van der Waals surface area contributed by atoms with Crippen LogP contribution in [0.15, 0.2) is 188 Å². The minimum atomic E-state index is -0.154.